The molecule has 2 amide bonds. The first-order valence-corrected chi connectivity index (χ1v) is 10.4. The van der Waals surface area contributed by atoms with Gasteiger partial charge in [-0.05, 0) is 42.8 Å². The lowest BCUT2D eigenvalue weighted by Crippen LogP contribution is -2.26. The van der Waals surface area contributed by atoms with Crippen LogP contribution in [0.5, 0.6) is 0 Å². The molecule has 10 heteroatoms. The maximum absolute atomic E-state index is 13.0. The van der Waals surface area contributed by atoms with Crippen LogP contribution in [0.3, 0.4) is 0 Å². The molecule has 29 heavy (non-hydrogen) atoms. The Balaban J connectivity index is 1.61. The highest BCUT2D eigenvalue weighted by molar-refractivity contribution is 7.92. The molecule has 154 valence electrons. The van der Waals surface area contributed by atoms with Crippen LogP contribution in [0.2, 0.25) is 0 Å². The van der Waals surface area contributed by atoms with E-state index in [0.717, 1.165) is 24.3 Å². The van der Waals surface area contributed by atoms with E-state index in [4.69, 9.17) is 4.74 Å². The number of nitrogens with zero attached hydrogens (tertiary/aromatic N) is 1. The molecule has 8 nitrogen and oxygen atoms in total. The van der Waals surface area contributed by atoms with E-state index in [1.54, 1.807) is 18.2 Å². The van der Waals surface area contributed by atoms with Crippen molar-refractivity contribution in [1.29, 1.82) is 0 Å². The summed E-state index contributed by atoms with van der Waals surface area (Å²) in [6.07, 6.45) is 0.221. The Morgan fingerprint density at radius 1 is 1.10 bits per heavy atom. The second-order valence-electron chi connectivity index (χ2n) is 6.36. The number of carbonyl (C=O) groups excluding carboxylic acids is 2. The predicted octanol–water partition coefficient (Wildman–Crippen LogP) is 2.80. The number of para-hydroxylation sites is 2. The van der Waals surface area contributed by atoms with Crippen LogP contribution in [0.1, 0.15) is 12.8 Å². The van der Waals surface area contributed by atoms with E-state index >= 15 is 0 Å². The summed E-state index contributed by atoms with van der Waals surface area (Å²) in [5, 5.41) is 2.67. The lowest BCUT2D eigenvalue weighted by Gasteiger charge is -2.14. The van der Waals surface area contributed by atoms with Gasteiger partial charge in [0.05, 0.1) is 22.8 Å². The number of halogens is 1. The zero-order valence-corrected chi connectivity index (χ0v) is 16.2. The number of anilines is 2. The highest BCUT2D eigenvalue weighted by Crippen LogP contribution is 2.25. The minimum Gasteiger partial charge on any atom is -0.448 e. The number of ether oxygens (including phenoxy) is 1. The molecule has 0 atom stereocenters. The van der Waals surface area contributed by atoms with E-state index in [1.165, 1.54) is 11.0 Å². The Bertz CT molecular complexity index is 995. The van der Waals surface area contributed by atoms with Crippen molar-refractivity contribution in [3.63, 3.8) is 0 Å². The molecule has 0 aliphatic carbocycles. The lowest BCUT2D eigenvalue weighted by atomic mass is 10.2. The van der Waals surface area contributed by atoms with Gasteiger partial charge < -0.3 is 15.0 Å². The molecule has 2 aromatic rings. The SMILES string of the molecule is O=C(CCCN1CCOC1=O)Nc1ccccc1NS(=O)(=O)c1ccc(F)cc1. The molecule has 0 unspecified atom stereocenters. The van der Waals surface area contributed by atoms with E-state index in [1.807, 2.05) is 0 Å². The summed E-state index contributed by atoms with van der Waals surface area (Å²) in [5.74, 6) is -0.857. The first-order valence-electron chi connectivity index (χ1n) is 8.94. The van der Waals surface area contributed by atoms with Gasteiger partial charge in [0.15, 0.2) is 0 Å². The fourth-order valence-electron chi connectivity index (χ4n) is 2.77. The molecule has 1 saturated heterocycles. The van der Waals surface area contributed by atoms with Gasteiger partial charge in [0.2, 0.25) is 5.91 Å². The Morgan fingerprint density at radius 2 is 1.79 bits per heavy atom. The molecule has 1 aliphatic heterocycles. The van der Waals surface area contributed by atoms with Crippen LogP contribution in [-0.4, -0.2) is 45.0 Å². The van der Waals surface area contributed by atoms with Crippen molar-refractivity contribution in [2.24, 2.45) is 0 Å². The number of sulfonamides is 1. The Labute approximate surface area is 167 Å². The van der Waals surface area contributed by atoms with Crippen LogP contribution in [0.25, 0.3) is 0 Å². The minimum absolute atomic E-state index is 0.0995. The first kappa shape index (κ1) is 20.6. The molecule has 1 aliphatic rings. The van der Waals surface area contributed by atoms with Crippen molar-refractivity contribution in [2.45, 2.75) is 17.7 Å². The molecule has 0 radical (unpaired) electrons. The standard InChI is InChI=1S/C19H20FN3O5S/c20-14-7-9-15(10-8-14)29(26,27)22-17-5-2-1-4-16(17)21-18(24)6-3-11-23-12-13-28-19(23)25/h1-2,4-5,7-10,22H,3,6,11-13H2,(H,21,24). The van der Waals surface area contributed by atoms with E-state index in [2.05, 4.69) is 10.0 Å². The van der Waals surface area contributed by atoms with E-state index in [0.29, 0.717) is 31.8 Å². The van der Waals surface area contributed by atoms with Gasteiger partial charge in [-0.2, -0.15) is 0 Å². The summed E-state index contributed by atoms with van der Waals surface area (Å²) in [6.45, 7) is 1.27. The summed E-state index contributed by atoms with van der Waals surface area (Å²) in [4.78, 5) is 25.0. The zero-order chi connectivity index (χ0) is 20.9. The molecule has 1 heterocycles. The Morgan fingerprint density at radius 3 is 2.45 bits per heavy atom. The summed E-state index contributed by atoms with van der Waals surface area (Å²) in [7, 11) is -3.95. The third kappa shape index (κ3) is 5.44. The van der Waals surface area contributed by atoms with Crippen molar-refractivity contribution in [3.05, 3.63) is 54.3 Å². The second kappa shape index (κ2) is 8.91. The Hall–Kier alpha value is -3.14. The van der Waals surface area contributed by atoms with Crippen LogP contribution in [-0.2, 0) is 19.6 Å². The molecule has 0 spiro atoms. The summed E-state index contributed by atoms with van der Waals surface area (Å²) in [5.41, 5.74) is 0.483. The van der Waals surface area contributed by atoms with Gasteiger partial charge in [0.1, 0.15) is 12.4 Å². The van der Waals surface area contributed by atoms with Gasteiger partial charge in [-0.15, -0.1) is 0 Å². The van der Waals surface area contributed by atoms with Gasteiger partial charge >= 0.3 is 6.09 Å². The molecule has 3 rings (SSSR count). The summed E-state index contributed by atoms with van der Waals surface area (Å²) < 4.78 is 45.3. The maximum atomic E-state index is 13.0. The fraction of sp³-hybridized carbons (Fsp3) is 0.263. The average molecular weight is 421 g/mol. The van der Waals surface area contributed by atoms with Gasteiger partial charge in [-0.25, -0.2) is 17.6 Å². The van der Waals surface area contributed by atoms with E-state index in [9.17, 15) is 22.4 Å². The second-order valence-corrected chi connectivity index (χ2v) is 8.04. The molecule has 0 saturated carbocycles. The van der Waals surface area contributed by atoms with Gasteiger partial charge in [-0.1, -0.05) is 12.1 Å². The number of rotatable bonds is 8. The largest absolute Gasteiger partial charge is 0.448 e. The minimum atomic E-state index is -3.95. The van der Waals surface area contributed by atoms with Crippen molar-refractivity contribution < 1.29 is 27.1 Å². The smallest absolute Gasteiger partial charge is 0.409 e. The maximum Gasteiger partial charge on any atom is 0.409 e. The summed E-state index contributed by atoms with van der Waals surface area (Å²) in [6, 6.07) is 10.8. The number of nitrogens with one attached hydrogen (secondary N) is 2. The van der Waals surface area contributed by atoms with Crippen molar-refractivity contribution >= 4 is 33.4 Å². The number of carbonyl (C=O) groups is 2. The Kier molecular flexibility index (Phi) is 6.32. The highest BCUT2D eigenvalue weighted by Gasteiger charge is 2.21. The summed E-state index contributed by atoms with van der Waals surface area (Å²) >= 11 is 0. The van der Waals surface area contributed by atoms with Crippen LogP contribution in [0.15, 0.2) is 53.4 Å². The van der Waals surface area contributed by atoms with E-state index in [-0.39, 0.29) is 29.0 Å². The third-order valence-corrected chi connectivity index (χ3v) is 5.63. The molecule has 1 fully saturated rings. The van der Waals surface area contributed by atoms with Gasteiger partial charge in [0, 0.05) is 13.0 Å². The fourth-order valence-corrected chi connectivity index (χ4v) is 3.85. The third-order valence-electron chi connectivity index (χ3n) is 4.25. The highest BCUT2D eigenvalue weighted by atomic mass is 32.2. The molecule has 2 aromatic carbocycles. The quantitative estimate of drug-likeness (QED) is 0.682. The molecule has 0 bridgehead atoms. The van der Waals surface area contributed by atoms with Gasteiger partial charge in [-0.3, -0.25) is 9.52 Å². The normalized spacial score (nSPS) is 13.8. The van der Waals surface area contributed by atoms with E-state index < -0.39 is 15.8 Å². The molecular weight excluding hydrogens is 401 g/mol. The van der Waals surface area contributed by atoms with Crippen molar-refractivity contribution in [1.82, 2.24) is 4.90 Å². The zero-order valence-electron chi connectivity index (χ0n) is 15.4. The van der Waals surface area contributed by atoms with Crippen LogP contribution in [0, 0.1) is 5.82 Å². The first-order chi connectivity index (χ1) is 13.8. The number of amides is 2. The number of hydrogen-bond acceptors (Lipinski definition) is 5. The average Bonchev–Trinajstić information content (AvgIpc) is 3.08. The predicted molar refractivity (Wildman–Crippen MR) is 104 cm³/mol. The number of hydrogen-bond donors (Lipinski definition) is 2. The van der Waals surface area contributed by atoms with Crippen LogP contribution >= 0.6 is 0 Å². The number of cyclic esters (lactones) is 1. The number of benzene rings is 2. The van der Waals surface area contributed by atoms with Crippen molar-refractivity contribution in [2.75, 3.05) is 29.7 Å². The monoisotopic (exact) mass is 421 g/mol. The van der Waals surface area contributed by atoms with Crippen LogP contribution in [0.4, 0.5) is 20.6 Å². The molecule has 2 N–H and O–H groups in total. The van der Waals surface area contributed by atoms with Crippen LogP contribution < -0.4 is 10.0 Å². The topological polar surface area (TPSA) is 105 Å². The van der Waals surface area contributed by atoms with Gasteiger partial charge in [0.25, 0.3) is 10.0 Å². The molecular formula is C19H20FN3O5S. The lowest BCUT2D eigenvalue weighted by molar-refractivity contribution is -0.116. The van der Waals surface area contributed by atoms with Crippen molar-refractivity contribution in [3.8, 4) is 0 Å². The molecule has 0 aromatic heterocycles.